The molecular formula is C11H9FN2O. The Kier molecular flexibility index (Phi) is 2.25. The van der Waals surface area contributed by atoms with E-state index in [0.717, 1.165) is 0 Å². The van der Waals surface area contributed by atoms with Crippen molar-refractivity contribution in [1.29, 1.82) is 5.41 Å². The summed E-state index contributed by atoms with van der Waals surface area (Å²) in [4.78, 5) is 0. The molecule has 0 aliphatic rings. The molecule has 0 saturated heterocycles. The van der Waals surface area contributed by atoms with Gasteiger partial charge >= 0.3 is 0 Å². The number of furan rings is 1. The van der Waals surface area contributed by atoms with Crippen LogP contribution in [0.2, 0.25) is 0 Å². The second-order valence-electron chi connectivity index (χ2n) is 3.06. The summed E-state index contributed by atoms with van der Waals surface area (Å²) < 4.78 is 18.6. The average molecular weight is 204 g/mol. The van der Waals surface area contributed by atoms with Crippen molar-refractivity contribution in [3.05, 3.63) is 48.0 Å². The van der Waals surface area contributed by atoms with Crippen molar-refractivity contribution in [2.75, 3.05) is 0 Å². The SMILES string of the molecule is N=C(N)c1ccc(-c2ccccc2F)o1. The average Bonchev–Trinajstić information content (AvgIpc) is 2.67. The molecule has 2 aromatic rings. The van der Waals surface area contributed by atoms with E-state index in [2.05, 4.69) is 0 Å². The quantitative estimate of drug-likeness (QED) is 0.582. The molecule has 4 heteroatoms. The Hall–Kier alpha value is -2.10. The van der Waals surface area contributed by atoms with Crippen molar-refractivity contribution in [2.45, 2.75) is 0 Å². The Bertz CT molecular complexity index is 505. The molecular weight excluding hydrogens is 195 g/mol. The van der Waals surface area contributed by atoms with Gasteiger partial charge in [-0.15, -0.1) is 0 Å². The first-order valence-corrected chi connectivity index (χ1v) is 4.37. The van der Waals surface area contributed by atoms with Crippen LogP contribution in [0, 0.1) is 11.2 Å². The maximum atomic E-state index is 13.3. The van der Waals surface area contributed by atoms with Crippen LogP contribution in [0.4, 0.5) is 4.39 Å². The molecule has 0 radical (unpaired) electrons. The van der Waals surface area contributed by atoms with Gasteiger partial charge in [-0.3, -0.25) is 5.41 Å². The molecule has 0 aliphatic carbocycles. The summed E-state index contributed by atoms with van der Waals surface area (Å²) >= 11 is 0. The summed E-state index contributed by atoms with van der Waals surface area (Å²) in [6, 6.07) is 9.42. The van der Waals surface area contributed by atoms with Crippen molar-refractivity contribution in [3.8, 4) is 11.3 Å². The van der Waals surface area contributed by atoms with Crippen LogP contribution >= 0.6 is 0 Å². The third-order valence-electron chi connectivity index (χ3n) is 2.01. The molecule has 3 nitrogen and oxygen atoms in total. The highest BCUT2D eigenvalue weighted by atomic mass is 19.1. The van der Waals surface area contributed by atoms with E-state index in [9.17, 15) is 4.39 Å². The zero-order valence-electron chi connectivity index (χ0n) is 7.83. The largest absolute Gasteiger partial charge is 0.453 e. The van der Waals surface area contributed by atoms with Gasteiger partial charge in [-0.2, -0.15) is 0 Å². The summed E-state index contributed by atoms with van der Waals surface area (Å²) in [5.74, 6) is 0.0890. The molecule has 0 aliphatic heterocycles. The molecule has 0 bridgehead atoms. The minimum absolute atomic E-state index is 0.169. The van der Waals surface area contributed by atoms with Gasteiger partial charge in [-0.05, 0) is 24.3 Å². The van der Waals surface area contributed by atoms with Gasteiger partial charge in [0.15, 0.2) is 11.6 Å². The highest BCUT2D eigenvalue weighted by molar-refractivity contribution is 5.92. The van der Waals surface area contributed by atoms with Crippen LogP contribution in [0.25, 0.3) is 11.3 Å². The second kappa shape index (κ2) is 3.57. The summed E-state index contributed by atoms with van der Waals surface area (Å²) in [6.45, 7) is 0. The molecule has 3 N–H and O–H groups in total. The molecule has 2 rings (SSSR count). The summed E-state index contributed by atoms with van der Waals surface area (Å²) in [5.41, 5.74) is 5.60. The number of hydrogen-bond acceptors (Lipinski definition) is 2. The first-order valence-electron chi connectivity index (χ1n) is 4.37. The van der Waals surface area contributed by atoms with Gasteiger partial charge in [-0.25, -0.2) is 4.39 Å². The molecule has 0 unspecified atom stereocenters. The van der Waals surface area contributed by atoms with Crippen LogP contribution in [-0.2, 0) is 0 Å². The van der Waals surface area contributed by atoms with Crippen LogP contribution in [-0.4, -0.2) is 5.84 Å². The van der Waals surface area contributed by atoms with Crippen LogP contribution in [0.1, 0.15) is 5.76 Å². The van der Waals surface area contributed by atoms with Crippen molar-refractivity contribution in [1.82, 2.24) is 0 Å². The maximum Gasteiger partial charge on any atom is 0.168 e. The normalized spacial score (nSPS) is 10.2. The Balaban J connectivity index is 2.46. The first kappa shape index (κ1) is 9.45. The Morgan fingerprint density at radius 1 is 1.20 bits per heavy atom. The van der Waals surface area contributed by atoms with Crippen LogP contribution in [0.3, 0.4) is 0 Å². The maximum absolute atomic E-state index is 13.3. The summed E-state index contributed by atoms with van der Waals surface area (Å²) in [7, 11) is 0. The van der Waals surface area contributed by atoms with E-state index < -0.39 is 0 Å². The lowest BCUT2D eigenvalue weighted by molar-refractivity contribution is 0.560. The summed E-state index contributed by atoms with van der Waals surface area (Å²) in [6.07, 6.45) is 0. The fraction of sp³-hybridized carbons (Fsp3) is 0. The predicted octanol–water partition coefficient (Wildman–Crippen LogP) is 2.37. The third-order valence-corrected chi connectivity index (χ3v) is 2.01. The third kappa shape index (κ3) is 1.74. The molecule has 1 aromatic heterocycles. The van der Waals surface area contributed by atoms with E-state index in [4.69, 9.17) is 15.6 Å². The van der Waals surface area contributed by atoms with Gasteiger partial charge < -0.3 is 10.2 Å². The number of amidine groups is 1. The van der Waals surface area contributed by atoms with E-state index in [1.807, 2.05) is 0 Å². The number of nitrogens with two attached hydrogens (primary N) is 1. The highest BCUT2D eigenvalue weighted by Gasteiger charge is 2.09. The minimum atomic E-state index is -0.359. The molecule has 0 atom stereocenters. The zero-order chi connectivity index (χ0) is 10.8. The molecule has 1 aromatic carbocycles. The number of nitrogens with one attached hydrogen (secondary N) is 1. The first-order chi connectivity index (χ1) is 7.18. The van der Waals surface area contributed by atoms with Gasteiger partial charge in [0.1, 0.15) is 11.6 Å². The molecule has 0 fully saturated rings. The molecule has 1 heterocycles. The molecule has 0 saturated carbocycles. The van der Waals surface area contributed by atoms with Crippen LogP contribution in [0.15, 0.2) is 40.8 Å². The van der Waals surface area contributed by atoms with Gasteiger partial charge in [0, 0.05) is 0 Å². The lowest BCUT2D eigenvalue weighted by atomic mass is 10.1. The van der Waals surface area contributed by atoms with Crippen molar-refractivity contribution < 1.29 is 8.81 Å². The van der Waals surface area contributed by atoms with Gasteiger partial charge in [0.2, 0.25) is 0 Å². The molecule has 76 valence electrons. The van der Waals surface area contributed by atoms with Gasteiger partial charge in [0.25, 0.3) is 0 Å². The van der Waals surface area contributed by atoms with E-state index in [-0.39, 0.29) is 17.4 Å². The lowest BCUT2D eigenvalue weighted by Gasteiger charge is -1.98. The van der Waals surface area contributed by atoms with E-state index >= 15 is 0 Å². The monoisotopic (exact) mass is 204 g/mol. The van der Waals surface area contributed by atoms with E-state index in [1.165, 1.54) is 6.07 Å². The van der Waals surface area contributed by atoms with Crippen molar-refractivity contribution in [2.24, 2.45) is 5.73 Å². The number of halogens is 1. The zero-order valence-corrected chi connectivity index (χ0v) is 7.83. The number of nitrogen functional groups attached to an aromatic ring is 1. The number of hydrogen-bond donors (Lipinski definition) is 2. The smallest absolute Gasteiger partial charge is 0.168 e. The second-order valence-corrected chi connectivity index (χ2v) is 3.06. The standard InChI is InChI=1S/C11H9FN2O/c12-8-4-2-1-3-7(8)9-5-6-10(15-9)11(13)14/h1-6H,(H3,13,14). The molecule has 0 spiro atoms. The topological polar surface area (TPSA) is 63.0 Å². The summed E-state index contributed by atoms with van der Waals surface area (Å²) in [5, 5.41) is 7.16. The molecule has 15 heavy (non-hydrogen) atoms. The highest BCUT2D eigenvalue weighted by Crippen LogP contribution is 2.24. The van der Waals surface area contributed by atoms with E-state index in [0.29, 0.717) is 11.3 Å². The Labute approximate surface area is 85.8 Å². The lowest BCUT2D eigenvalue weighted by Crippen LogP contribution is -2.09. The van der Waals surface area contributed by atoms with Gasteiger partial charge in [-0.1, -0.05) is 12.1 Å². The van der Waals surface area contributed by atoms with Crippen molar-refractivity contribution >= 4 is 5.84 Å². The van der Waals surface area contributed by atoms with Crippen LogP contribution < -0.4 is 5.73 Å². The predicted molar refractivity (Wildman–Crippen MR) is 55.1 cm³/mol. The number of rotatable bonds is 2. The fourth-order valence-corrected chi connectivity index (χ4v) is 1.29. The fourth-order valence-electron chi connectivity index (χ4n) is 1.29. The van der Waals surface area contributed by atoms with Crippen molar-refractivity contribution in [3.63, 3.8) is 0 Å². The minimum Gasteiger partial charge on any atom is -0.453 e. The Morgan fingerprint density at radius 3 is 2.53 bits per heavy atom. The van der Waals surface area contributed by atoms with Gasteiger partial charge in [0.05, 0.1) is 5.56 Å². The Morgan fingerprint density at radius 2 is 1.93 bits per heavy atom. The van der Waals surface area contributed by atoms with Crippen LogP contribution in [0.5, 0.6) is 0 Å². The number of benzene rings is 1. The van der Waals surface area contributed by atoms with E-state index in [1.54, 1.807) is 30.3 Å². The molecule has 0 amide bonds.